The van der Waals surface area contributed by atoms with Gasteiger partial charge in [0.2, 0.25) is 13.6 Å². The first-order chi connectivity index (χ1) is 13.6. The molecule has 4 N–H and O–H groups in total. The van der Waals surface area contributed by atoms with E-state index in [1.54, 1.807) is 28.2 Å². The fourth-order valence-corrected chi connectivity index (χ4v) is 1.64. The summed E-state index contributed by atoms with van der Waals surface area (Å²) in [6, 6.07) is -1.18. The van der Waals surface area contributed by atoms with E-state index in [-0.39, 0.29) is 68.0 Å². The number of carbonyl (C=O) groups is 2. The van der Waals surface area contributed by atoms with E-state index in [2.05, 4.69) is 0 Å². The molecule has 0 rings (SSSR count). The average molecular weight is 602 g/mol. The van der Waals surface area contributed by atoms with Gasteiger partial charge in [0.1, 0.15) is 38.4 Å². The van der Waals surface area contributed by atoms with Crippen LogP contribution in [0.1, 0.15) is 27.7 Å². The number of nitrogens with two attached hydrogens (primary N) is 2. The number of ether oxygens (including phenoxy) is 2. The molecule has 12 heteroatoms. The third kappa shape index (κ3) is 19.1. The zero-order valence-electron chi connectivity index (χ0n) is 20.7. The minimum atomic E-state index is -0.592. The van der Waals surface area contributed by atoms with Crippen LogP contribution in [0.4, 0.5) is 8.78 Å². The van der Waals surface area contributed by atoms with E-state index in [1.165, 1.54) is 0 Å². The van der Waals surface area contributed by atoms with Crippen molar-refractivity contribution in [2.45, 2.75) is 39.8 Å². The number of esters is 2. The minimum Gasteiger partial charge on any atom is -1.00 e. The van der Waals surface area contributed by atoms with Gasteiger partial charge in [0.15, 0.2) is 0 Å². The molecule has 0 heterocycles. The van der Waals surface area contributed by atoms with Gasteiger partial charge >= 0.3 is 11.9 Å². The van der Waals surface area contributed by atoms with Gasteiger partial charge in [-0.1, -0.05) is 27.7 Å². The molecule has 0 spiro atoms. The Morgan fingerprint density at radius 1 is 0.719 bits per heavy atom. The summed E-state index contributed by atoms with van der Waals surface area (Å²) in [6.07, 6.45) is 0. The summed E-state index contributed by atoms with van der Waals surface area (Å²) in [4.78, 5) is 22.6. The molecule has 0 saturated carbocycles. The molecule has 0 radical (unpaired) electrons. The van der Waals surface area contributed by atoms with E-state index >= 15 is 0 Å². The van der Waals surface area contributed by atoms with Crippen LogP contribution in [-0.2, 0) is 19.1 Å². The second-order valence-electron chi connectivity index (χ2n) is 9.43. The minimum absolute atomic E-state index is 0. The SMILES string of the molecule is CC(C)C(N)C(=O)OCC[N+](C)(C)CF.CC(C)C(N)C(=O)OCC[N+](C)(C)CF.[Br-].[Br-]. The van der Waals surface area contributed by atoms with Crippen molar-refractivity contribution in [2.24, 2.45) is 23.3 Å². The number of likely N-dealkylation sites (N-methyl/N-ethyl adjacent to an activating group) is 2. The first kappa shape index (κ1) is 38.8. The van der Waals surface area contributed by atoms with Crippen LogP contribution in [0.5, 0.6) is 0 Å². The van der Waals surface area contributed by atoms with Crippen molar-refractivity contribution >= 4 is 11.9 Å². The summed E-state index contributed by atoms with van der Waals surface area (Å²) < 4.78 is 35.1. The predicted molar refractivity (Wildman–Crippen MR) is 113 cm³/mol. The van der Waals surface area contributed by atoms with Crippen molar-refractivity contribution in [3.8, 4) is 0 Å². The number of quaternary nitrogens is 2. The van der Waals surface area contributed by atoms with Crippen LogP contribution >= 0.6 is 0 Å². The van der Waals surface area contributed by atoms with Crippen molar-refractivity contribution < 1.29 is 70.8 Å². The fourth-order valence-electron chi connectivity index (χ4n) is 1.64. The van der Waals surface area contributed by atoms with Gasteiger partial charge < -0.3 is 54.9 Å². The largest absolute Gasteiger partial charge is 1.00 e. The second-order valence-corrected chi connectivity index (χ2v) is 9.43. The molecule has 0 saturated heterocycles. The number of halogens is 4. The van der Waals surface area contributed by atoms with Crippen molar-refractivity contribution in [1.82, 2.24) is 0 Å². The summed E-state index contributed by atoms with van der Waals surface area (Å²) in [5.41, 5.74) is 11.2. The molecule has 32 heavy (non-hydrogen) atoms. The average Bonchev–Trinajstić information content (AvgIpc) is 2.66. The van der Waals surface area contributed by atoms with Gasteiger partial charge in [0.05, 0.1) is 28.2 Å². The topological polar surface area (TPSA) is 105 Å². The molecule has 8 nitrogen and oxygen atoms in total. The number of hydrogen-bond acceptors (Lipinski definition) is 6. The number of nitrogens with zero attached hydrogens (tertiary/aromatic N) is 2. The lowest BCUT2D eigenvalue weighted by Gasteiger charge is -2.25. The maximum atomic E-state index is 12.4. The summed E-state index contributed by atoms with van der Waals surface area (Å²) >= 11 is 0. The maximum absolute atomic E-state index is 12.4. The molecule has 2 unspecified atom stereocenters. The van der Waals surface area contributed by atoms with Gasteiger partial charge in [-0.2, -0.15) is 8.78 Å². The molecule has 0 bridgehead atoms. The molecular formula is C20H44Br2F2N4O4. The quantitative estimate of drug-likeness (QED) is 0.132. The smallest absolute Gasteiger partial charge is 0.323 e. The number of alkyl halides is 2. The zero-order chi connectivity index (χ0) is 24.1. The molecule has 0 aromatic carbocycles. The lowest BCUT2D eigenvalue weighted by molar-refractivity contribution is -0.902. The van der Waals surface area contributed by atoms with Gasteiger partial charge in [-0.05, 0) is 11.8 Å². The van der Waals surface area contributed by atoms with E-state index < -0.39 is 37.6 Å². The third-order valence-corrected chi connectivity index (χ3v) is 4.51. The number of hydrogen-bond donors (Lipinski definition) is 2. The Hall–Kier alpha value is -0.400. The molecular weight excluding hydrogens is 558 g/mol. The predicted octanol–water partition coefficient (Wildman–Crippen LogP) is -4.96. The summed E-state index contributed by atoms with van der Waals surface area (Å²) in [6.45, 7) is 7.77. The number of carbonyl (C=O) groups excluding carboxylic acids is 2. The molecule has 0 aromatic rings. The Bertz CT molecular complexity index is 470. The van der Waals surface area contributed by atoms with Crippen LogP contribution in [0.15, 0.2) is 0 Å². The zero-order valence-corrected chi connectivity index (χ0v) is 23.9. The normalized spacial score (nSPS) is 13.2. The Labute approximate surface area is 213 Å². The Morgan fingerprint density at radius 3 is 1.16 bits per heavy atom. The van der Waals surface area contributed by atoms with Crippen LogP contribution in [-0.4, -0.2) is 101 Å². The van der Waals surface area contributed by atoms with Gasteiger partial charge in [-0.25, -0.2) is 0 Å². The van der Waals surface area contributed by atoms with Crippen molar-refractivity contribution in [1.29, 1.82) is 0 Å². The molecule has 0 aliphatic carbocycles. The van der Waals surface area contributed by atoms with E-state index in [0.717, 1.165) is 0 Å². The lowest BCUT2D eigenvalue weighted by atomic mass is 10.1. The van der Waals surface area contributed by atoms with Crippen LogP contribution in [0, 0.1) is 11.8 Å². The lowest BCUT2D eigenvalue weighted by Crippen LogP contribution is -3.00. The van der Waals surface area contributed by atoms with Crippen LogP contribution in [0.2, 0.25) is 0 Å². The summed E-state index contributed by atoms with van der Waals surface area (Å²) in [5, 5.41) is 0. The van der Waals surface area contributed by atoms with Gasteiger partial charge in [0, 0.05) is 0 Å². The Kier molecular flexibility index (Phi) is 23.0. The van der Waals surface area contributed by atoms with Crippen LogP contribution < -0.4 is 45.4 Å². The fraction of sp³-hybridized carbons (Fsp3) is 0.900. The van der Waals surface area contributed by atoms with Gasteiger partial charge in [-0.15, -0.1) is 0 Å². The van der Waals surface area contributed by atoms with Crippen LogP contribution in [0.25, 0.3) is 0 Å². The maximum Gasteiger partial charge on any atom is 0.323 e. The standard InChI is InChI=1S/2C10H22FN2O2.2BrH/c2*1-8(2)9(12)10(14)15-6-5-13(3,4)7-11;;/h2*8-9H,5-7,12H2,1-4H3;2*1H/q2*+1;;/p-2. The first-order valence-corrected chi connectivity index (χ1v) is 10.2. The highest BCUT2D eigenvalue weighted by atomic mass is 79.9. The first-order valence-electron chi connectivity index (χ1n) is 10.2. The van der Waals surface area contributed by atoms with E-state index in [4.69, 9.17) is 20.9 Å². The molecule has 0 aliphatic rings. The van der Waals surface area contributed by atoms with E-state index in [9.17, 15) is 18.4 Å². The third-order valence-electron chi connectivity index (χ3n) is 4.51. The molecule has 196 valence electrons. The Balaban J connectivity index is -0.000000231. The highest BCUT2D eigenvalue weighted by Crippen LogP contribution is 2.03. The second kappa shape index (κ2) is 19.0. The summed E-state index contributed by atoms with van der Waals surface area (Å²) in [5.74, 6) is -0.713. The van der Waals surface area contributed by atoms with Gasteiger partial charge in [0.25, 0.3) is 0 Å². The molecule has 0 aromatic heterocycles. The molecule has 2 atom stereocenters. The molecule has 0 aliphatic heterocycles. The highest BCUT2D eigenvalue weighted by Gasteiger charge is 2.21. The Morgan fingerprint density at radius 2 is 0.969 bits per heavy atom. The molecule has 0 amide bonds. The van der Waals surface area contributed by atoms with Crippen molar-refractivity contribution in [3.63, 3.8) is 0 Å². The van der Waals surface area contributed by atoms with E-state index in [1.807, 2.05) is 27.7 Å². The van der Waals surface area contributed by atoms with Crippen molar-refractivity contribution in [3.05, 3.63) is 0 Å². The molecule has 0 fully saturated rings. The van der Waals surface area contributed by atoms with Gasteiger partial charge in [-0.3, -0.25) is 18.6 Å². The summed E-state index contributed by atoms with van der Waals surface area (Å²) in [7, 11) is 6.93. The van der Waals surface area contributed by atoms with Crippen LogP contribution in [0.3, 0.4) is 0 Å². The monoisotopic (exact) mass is 600 g/mol. The number of rotatable bonds is 12. The van der Waals surface area contributed by atoms with Crippen molar-refractivity contribution in [2.75, 3.05) is 68.1 Å². The highest BCUT2D eigenvalue weighted by molar-refractivity contribution is 5.76. The van der Waals surface area contributed by atoms with E-state index in [0.29, 0.717) is 13.1 Å².